The molecule has 2 N–H and O–H groups in total. The van der Waals surface area contributed by atoms with Gasteiger partial charge in [0.05, 0.1) is 6.07 Å². The van der Waals surface area contributed by atoms with Crippen LogP contribution < -0.4 is 5.73 Å². The molecule has 1 unspecified atom stereocenters. The topological polar surface area (TPSA) is 70.1 Å². The number of amides is 1. The van der Waals surface area contributed by atoms with Gasteiger partial charge in [0, 0.05) is 19.0 Å². The predicted octanol–water partition coefficient (Wildman–Crippen LogP) is 1.67. The Labute approximate surface area is 108 Å². The van der Waals surface area contributed by atoms with E-state index >= 15 is 0 Å². The van der Waals surface area contributed by atoms with Gasteiger partial charge in [-0.1, -0.05) is 30.3 Å². The van der Waals surface area contributed by atoms with Gasteiger partial charge in [-0.15, -0.1) is 0 Å². The van der Waals surface area contributed by atoms with Crippen molar-refractivity contribution in [2.45, 2.75) is 32.4 Å². The van der Waals surface area contributed by atoms with Gasteiger partial charge in [-0.3, -0.25) is 4.79 Å². The van der Waals surface area contributed by atoms with Gasteiger partial charge in [0.2, 0.25) is 5.91 Å². The highest BCUT2D eigenvalue weighted by atomic mass is 16.2. The summed E-state index contributed by atoms with van der Waals surface area (Å²) >= 11 is 0. The van der Waals surface area contributed by atoms with E-state index in [-0.39, 0.29) is 18.5 Å². The molecule has 0 heterocycles. The summed E-state index contributed by atoms with van der Waals surface area (Å²) in [5.41, 5.74) is 6.66. The monoisotopic (exact) mass is 245 g/mol. The zero-order valence-corrected chi connectivity index (χ0v) is 10.7. The number of benzene rings is 1. The van der Waals surface area contributed by atoms with Crippen molar-refractivity contribution in [3.63, 3.8) is 0 Å². The van der Waals surface area contributed by atoms with Crippen LogP contribution in [0.15, 0.2) is 30.3 Å². The molecule has 96 valence electrons. The SMILES string of the molecule is CC(N)CCC(=O)N(CC#N)Cc1ccccc1. The van der Waals surface area contributed by atoms with Crippen molar-refractivity contribution in [1.82, 2.24) is 4.90 Å². The van der Waals surface area contributed by atoms with Gasteiger partial charge in [0.25, 0.3) is 0 Å². The number of hydrogen-bond acceptors (Lipinski definition) is 3. The first-order chi connectivity index (χ1) is 8.63. The standard InChI is InChI=1S/C14H19N3O/c1-12(16)7-8-14(18)17(10-9-15)11-13-5-3-2-4-6-13/h2-6,12H,7-8,10-11,16H2,1H3. The molecular formula is C14H19N3O. The third-order valence-corrected chi connectivity index (χ3v) is 2.64. The van der Waals surface area contributed by atoms with Crippen molar-refractivity contribution >= 4 is 5.91 Å². The fourth-order valence-corrected chi connectivity index (χ4v) is 1.63. The predicted molar refractivity (Wildman–Crippen MR) is 70.4 cm³/mol. The third kappa shape index (κ3) is 4.98. The van der Waals surface area contributed by atoms with Gasteiger partial charge < -0.3 is 10.6 Å². The zero-order chi connectivity index (χ0) is 13.4. The molecule has 0 saturated heterocycles. The van der Waals surface area contributed by atoms with E-state index in [0.717, 1.165) is 5.56 Å². The van der Waals surface area contributed by atoms with Gasteiger partial charge in [-0.05, 0) is 18.9 Å². The van der Waals surface area contributed by atoms with E-state index in [1.807, 2.05) is 43.3 Å². The first-order valence-corrected chi connectivity index (χ1v) is 6.07. The van der Waals surface area contributed by atoms with Gasteiger partial charge in [-0.25, -0.2) is 0 Å². The van der Waals surface area contributed by atoms with Crippen LogP contribution in [0.3, 0.4) is 0 Å². The highest BCUT2D eigenvalue weighted by Crippen LogP contribution is 2.07. The molecule has 1 aromatic rings. The molecule has 1 aromatic carbocycles. The van der Waals surface area contributed by atoms with Crippen molar-refractivity contribution in [2.75, 3.05) is 6.54 Å². The maximum Gasteiger partial charge on any atom is 0.223 e. The Morgan fingerprint density at radius 3 is 2.67 bits per heavy atom. The largest absolute Gasteiger partial charge is 0.328 e. The summed E-state index contributed by atoms with van der Waals surface area (Å²) in [7, 11) is 0. The second-order valence-corrected chi connectivity index (χ2v) is 4.41. The van der Waals surface area contributed by atoms with E-state index in [1.165, 1.54) is 0 Å². The Bertz CT molecular complexity index is 409. The highest BCUT2D eigenvalue weighted by molar-refractivity contribution is 5.76. The minimum atomic E-state index is -0.0160. The van der Waals surface area contributed by atoms with Crippen LogP contribution in [0.1, 0.15) is 25.3 Å². The summed E-state index contributed by atoms with van der Waals surface area (Å²) < 4.78 is 0. The second kappa shape index (κ2) is 7.46. The molecule has 1 rings (SSSR count). The maximum absolute atomic E-state index is 12.0. The molecule has 0 spiro atoms. The van der Waals surface area contributed by atoms with Crippen LogP contribution >= 0.6 is 0 Å². The van der Waals surface area contributed by atoms with E-state index in [9.17, 15) is 4.79 Å². The van der Waals surface area contributed by atoms with Gasteiger partial charge in [0.15, 0.2) is 0 Å². The van der Waals surface area contributed by atoms with E-state index in [0.29, 0.717) is 19.4 Å². The minimum Gasteiger partial charge on any atom is -0.328 e. The van der Waals surface area contributed by atoms with Crippen molar-refractivity contribution < 1.29 is 4.79 Å². The first-order valence-electron chi connectivity index (χ1n) is 6.07. The van der Waals surface area contributed by atoms with Gasteiger partial charge in [0.1, 0.15) is 6.54 Å². The summed E-state index contributed by atoms with van der Waals surface area (Å²) in [4.78, 5) is 13.5. The van der Waals surface area contributed by atoms with Gasteiger partial charge >= 0.3 is 0 Å². The molecule has 18 heavy (non-hydrogen) atoms. The zero-order valence-electron chi connectivity index (χ0n) is 10.7. The van der Waals surface area contributed by atoms with Crippen LogP contribution in [0, 0.1) is 11.3 Å². The van der Waals surface area contributed by atoms with E-state index in [1.54, 1.807) is 4.90 Å². The second-order valence-electron chi connectivity index (χ2n) is 4.41. The molecule has 1 amide bonds. The number of carbonyl (C=O) groups is 1. The van der Waals surface area contributed by atoms with Crippen molar-refractivity contribution in [1.29, 1.82) is 5.26 Å². The molecular weight excluding hydrogens is 226 g/mol. The molecule has 4 nitrogen and oxygen atoms in total. The average molecular weight is 245 g/mol. The molecule has 0 aliphatic heterocycles. The van der Waals surface area contributed by atoms with E-state index in [2.05, 4.69) is 0 Å². The molecule has 0 aliphatic carbocycles. The van der Waals surface area contributed by atoms with Crippen LogP contribution in [-0.4, -0.2) is 23.4 Å². The number of nitrogens with zero attached hydrogens (tertiary/aromatic N) is 2. The number of nitriles is 1. The lowest BCUT2D eigenvalue weighted by molar-refractivity contribution is -0.131. The summed E-state index contributed by atoms with van der Waals surface area (Å²) in [6, 6.07) is 11.7. The Hall–Kier alpha value is -1.86. The molecule has 0 fully saturated rings. The highest BCUT2D eigenvalue weighted by Gasteiger charge is 2.13. The Balaban J connectivity index is 2.59. The van der Waals surface area contributed by atoms with E-state index < -0.39 is 0 Å². The van der Waals surface area contributed by atoms with Crippen molar-refractivity contribution in [3.8, 4) is 6.07 Å². The summed E-state index contributed by atoms with van der Waals surface area (Å²) in [5, 5.41) is 8.77. The lowest BCUT2D eigenvalue weighted by Gasteiger charge is -2.20. The van der Waals surface area contributed by atoms with Crippen molar-refractivity contribution in [2.24, 2.45) is 5.73 Å². The van der Waals surface area contributed by atoms with Crippen LogP contribution in [0.4, 0.5) is 0 Å². The molecule has 0 aromatic heterocycles. The molecule has 1 atom stereocenters. The smallest absolute Gasteiger partial charge is 0.223 e. The van der Waals surface area contributed by atoms with Crippen LogP contribution in [0.2, 0.25) is 0 Å². The number of carbonyl (C=O) groups excluding carboxylic acids is 1. The summed E-state index contributed by atoms with van der Waals surface area (Å²) in [5.74, 6) is -0.0160. The molecule has 4 heteroatoms. The number of nitrogens with two attached hydrogens (primary N) is 1. The van der Waals surface area contributed by atoms with E-state index in [4.69, 9.17) is 11.0 Å². The Kier molecular flexibility index (Phi) is 5.89. The fraction of sp³-hybridized carbons (Fsp3) is 0.429. The Morgan fingerprint density at radius 1 is 1.44 bits per heavy atom. The lowest BCUT2D eigenvalue weighted by Crippen LogP contribution is -2.32. The summed E-state index contributed by atoms with van der Waals surface area (Å²) in [6.45, 7) is 2.47. The van der Waals surface area contributed by atoms with Crippen LogP contribution in [0.25, 0.3) is 0 Å². The van der Waals surface area contributed by atoms with Crippen LogP contribution in [0.5, 0.6) is 0 Å². The third-order valence-electron chi connectivity index (χ3n) is 2.64. The average Bonchev–Trinajstić information content (AvgIpc) is 2.36. The minimum absolute atomic E-state index is 0.00890. The maximum atomic E-state index is 12.0. The molecule has 0 bridgehead atoms. The number of rotatable bonds is 6. The number of hydrogen-bond donors (Lipinski definition) is 1. The quantitative estimate of drug-likeness (QED) is 0.775. The molecule has 0 aliphatic rings. The Morgan fingerprint density at radius 2 is 2.11 bits per heavy atom. The lowest BCUT2D eigenvalue weighted by atomic mass is 10.1. The molecule has 0 radical (unpaired) electrons. The normalized spacial score (nSPS) is 11.6. The summed E-state index contributed by atoms with van der Waals surface area (Å²) in [6.07, 6.45) is 1.04. The fourth-order valence-electron chi connectivity index (χ4n) is 1.63. The van der Waals surface area contributed by atoms with Crippen molar-refractivity contribution in [3.05, 3.63) is 35.9 Å². The van der Waals surface area contributed by atoms with Gasteiger partial charge in [-0.2, -0.15) is 5.26 Å². The van der Waals surface area contributed by atoms with Crippen LogP contribution in [-0.2, 0) is 11.3 Å². The molecule has 0 saturated carbocycles. The first kappa shape index (κ1) is 14.2.